The topological polar surface area (TPSA) is 84.9 Å². The lowest BCUT2D eigenvalue weighted by atomic mass is 10.2. The molecule has 1 N–H and O–H groups in total. The van der Waals surface area contributed by atoms with E-state index < -0.39 is 15.9 Å². The number of amides is 1. The summed E-state index contributed by atoms with van der Waals surface area (Å²) < 4.78 is 37.8. The zero-order valence-corrected chi connectivity index (χ0v) is 17.4. The number of ether oxygens (including phenoxy) is 2. The molecule has 0 saturated carbocycles. The molecule has 2 rings (SSSR count). The Labute approximate surface area is 166 Å². The van der Waals surface area contributed by atoms with Crippen LogP contribution in [-0.2, 0) is 10.0 Å². The van der Waals surface area contributed by atoms with Gasteiger partial charge in [0, 0.05) is 13.1 Å². The highest BCUT2D eigenvalue weighted by Crippen LogP contribution is 2.30. The summed E-state index contributed by atoms with van der Waals surface area (Å²) in [6, 6.07) is 11.3. The molecule has 1 amide bonds. The molecule has 2 aromatic rings. The summed E-state index contributed by atoms with van der Waals surface area (Å²) in [6.45, 7) is 6.45. The van der Waals surface area contributed by atoms with Crippen molar-refractivity contribution in [3.05, 3.63) is 48.0 Å². The molecule has 0 atom stereocenters. The van der Waals surface area contributed by atoms with Crippen molar-refractivity contribution in [2.45, 2.75) is 25.7 Å². The van der Waals surface area contributed by atoms with Gasteiger partial charge in [-0.05, 0) is 37.3 Å². The van der Waals surface area contributed by atoms with Crippen molar-refractivity contribution in [1.82, 2.24) is 4.31 Å². The second-order valence-corrected chi connectivity index (χ2v) is 7.77. The zero-order valence-electron chi connectivity index (χ0n) is 16.6. The maximum Gasteiger partial charge on any atom is 0.259 e. The molecule has 0 bridgehead atoms. The van der Waals surface area contributed by atoms with E-state index in [2.05, 4.69) is 5.32 Å². The summed E-state index contributed by atoms with van der Waals surface area (Å²) in [6.07, 6.45) is 0. The molecule has 0 aliphatic heterocycles. The first kappa shape index (κ1) is 21.7. The number of para-hydroxylation sites is 1. The van der Waals surface area contributed by atoms with Gasteiger partial charge < -0.3 is 14.8 Å². The standard InChI is InChI=1S/C20H26N2O5S/c1-5-22(6-2)28(24,25)15-12-13-19(27-7-3)17(14-15)21-20(23)16-10-8-9-11-18(16)26-4/h8-14H,5-7H2,1-4H3,(H,21,23). The Hall–Kier alpha value is -2.58. The second-order valence-electron chi connectivity index (χ2n) is 5.83. The van der Waals surface area contributed by atoms with Gasteiger partial charge in [0.15, 0.2) is 0 Å². The number of nitrogens with zero attached hydrogens (tertiary/aromatic N) is 1. The lowest BCUT2D eigenvalue weighted by Crippen LogP contribution is -2.30. The Kier molecular flexibility index (Phi) is 7.42. The number of hydrogen-bond acceptors (Lipinski definition) is 5. The Morgan fingerprint density at radius 3 is 2.32 bits per heavy atom. The summed E-state index contributed by atoms with van der Waals surface area (Å²) in [5.74, 6) is 0.393. The average Bonchev–Trinajstić information content (AvgIpc) is 2.70. The number of hydrogen-bond donors (Lipinski definition) is 1. The maximum atomic E-state index is 12.8. The van der Waals surface area contributed by atoms with Crippen LogP contribution in [0.2, 0.25) is 0 Å². The van der Waals surface area contributed by atoms with Gasteiger partial charge in [0.25, 0.3) is 5.91 Å². The quantitative estimate of drug-likeness (QED) is 0.690. The maximum absolute atomic E-state index is 12.8. The minimum Gasteiger partial charge on any atom is -0.496 e. The summed E-state index contributed by atoms with van der Waals surface area (Å²) in [5.41, 5.74) is 0.621. The molecule has 2 aromatic carbocycles. The van der Waals surface area contributed by atoms with Crippen molar-refractivity contribution in [1.29, 1.82) is 0 Å². The first-order valence-electron chi connectivity index (χ1n) is 9.10. The summed E-state index contributed by atoms with van der Waals surface area (Å²) >= 11 is 0. The number of nitrogens with one attached hydrogen (secondary N) is 1. The lowest BCUT2D eigenvalue weighted by Gasteiger charge is -2.20. The Balaban J connectivity index is 2.45. The van der Waals surface area contributed by atoms with Crippen LogP contribution in [-0.4, -0.2) is 45.4 Å². The molecule has 152 valence electrons. The van der Waals surface area contributed by atoms with E-state index >= 15 is 0 Å². The molecule has 7 nitrogen and oxygen atoms in total. The smallest absolute Gasteiger partial charge is 0.259 e. The van der Waals surface area contributed by atoms with E-state index in [4.69, 9.17) is 9.47 Å². The van der Waals surface area contributed by atoms with Gasteiger partial charge in [0.1, 0.15) is 11.5 Å². The minimum atomic E-state index is -3.67. The van der Waals surface area contributed by atoms with Gasteiger partial charge in [-0.2, -0.15) is 4.31 Å². The van der Waals surface area contributed by atoms with Crippen LogP contribution >= 0.6 is 0 Å². The second kappa shape index (κ2) is 9.57. The third kappa shape index (κ3) is 4.63. The van der Waals surface area contributed by atoms with Crippen LogP contribution in [0.4, 0.5) is 5.69 Å². The number of rotatable bonds is 9. The van der Waals surface area contributed by atoms with Crippen LogP contribution in [0.1, 0.15) is 31.1 Å². The van der Waals surface area contributed by atoms with Gasteiger partial charge in [-0.3, -0.25) is 4.79 Å². The Bertz CT molecular complexity index is 924. The van der Waals surface area contributed by atoms with Crippen LogP contribution in [0.5, 0.6) is 11.5 Å². The average molecular weight is 407 g/mol. The Morgan fingerprint density at radius 2 is 1.71 bits per heavy atom. The lowest BCUT2D eigenvalue weighted by molar-refractivity contribution is 0.102. The first-order chi connectivity index (χ1) is 13.4. The van der Waals surface area contributed by atoms with Crippen LogP contribution in [0.3, 0.4) is 0 Å². The highest BCUT2D eigenvalue weighted by atomic mass is 32.2. The van der Waals surface area contributed by atoms with Gasteiger partial charge in [-0.25, -0.2) is 8.42 Å². The number of methoxy groups -OCH3 is 1. The number of anilines is 1. The van der Waals surface area contributed by atoms with Gasteiger partial charge in [-0.15, -0.1) is 0 Å². The fourth-order valence-electron chi connectivity index (χ4n) is 2.78. The molecule has 0 unspecified atom stereocenters. The third-order valence-corrected chi connectivity index (χ3v) is 6.24. The summed E-state index contributed by atoms with van der Waals surface area (Å²) in [7, 11) is -2.19. The monoisotopic (exact) mass is 406 g/mol. The molecule has 28 heavy (non-hydrogen) atoms. The van der Waals surface area contributed by atoms with E-state index in [9.17, 15) is 13.2 Å². The van der Waals surface area contributed by atoms with Crippen LogP contribution < -0.4 is 14.8 Å². The van der Waals surface area contributed by atoms with E-state index in [1.807, 2.05) is 6.92 Å². The highest BCUT2D eigenvalue weighted by molar-refractivity contribution is 7.89. The van der Waals surface area contributed by atoms with Crippen molar-refractivity contribution in [3.8, 4) is 11.5 Å². The van der Waals surface area contributed by atoms with Gasteiger partial charge in [-0.1, -0.05) is 26.0 Å². The number of sulfonamides is 1. The van der Waals surface area contributed by atoms with Crippen molar-refractivity contribution >= 4 is 21.6 Å². The molecule has 0 aromatic heterocycles. The van der Waals surface area contributed by atoms with E-state index in [1.54, 1.807) is 44.2 Å². The fraction of sp³-hybridized carbons (Fsp3) is 0.350. The van der Waals surface area contributed by atoms with E-state index in [-0.39, 0.29) is 10.6 Å². The van der Waals surface area contributed by atoms with Crippen molar-refractivity contribution in [2.24, 2.45) is 0 Å². The SMILES string of the molecule is CCOc1ccc(S(=O)(=O)N(CC)CC)cc1NC(=O)c1ccccc1OC. The summed E-state index contributed by atoms with van der Waals surface area (Å²) in [5, 5.41) is 2.75. The molecule has 0 fully saturated rings. The van der Waals surface area contributed by atoms with Crippen LogP contribution in [0.25, 0.3) is 0 Å². The molecule has 0 spiro atoms. The molecule has 8 heteroatoms. The van der Waals surface area contributed by atoms with Gasteiger partial charge >= 0.3 is 0 Å². The molecule has 0 heterocycles. The number of carbonyl (C=O) groups excluding carboxylic acids is 1. The van der Waals surface area contributed by atoms with Crippen molar-refractivity contribution in [3.63, 3.8) is 0 Å². The molecule has 0 aliphatic rings. The van der Waals surface area contributed by atoms with Gasteiger partial charge in [0.2, 0.25) is 10.0 Å². The van der Waals surface area contributed by atoms with E-state index in [0.29, 0.717) is 36.8 Å². The highest BCUT2D eigenvalue weighted by Gasteiger charge is 2.24. The summed E-state index contributed by atoms with van der Waals surface area (Å²) in [4.78, 5) is 12.8. The predicted octanol–water partition coefficient (Wildman–Crippen LogP) is 3.38. The van der Waals surface area contributed by atoms with Crippen LogP contribution in [0, 0.1) is 0 Å². The molecule has 0 saturated heterocycles. The van der Waals surface area contributed by atoms with Crippen molar-refractivity contribution in [2.75, 3.05) is 32.1 Å². The van der Waals surface area contributed by atoms with Crippen LogP contribution in [0.15, 0.2) is 47.4 Å². The molecular formula is C20H26N2O5S. The van der Waals surface area contributed by atoms with Crippen molar-refractivity contribution < 1.29 is 22.7 Å². The fourth-order valence-corrected chi connectivity index (χ4v) is 4.27. The third-order valence-electron chi connectivity index (χ3n) is 4.19. The van der Waals surface area contributed by atoms with Gasteiger partial charge in [0.05, 0.1) is 29.9 Å². The Morgan fingerprint density at radius 1 is 1.04 bits per heavy atom. The van der Waals surface area contributed by atoms with E-state index in [0.717, 1.165) is 0 Å². The largest absolute Gasteiger partial charge is 0.496 e. The molecular weight excluding hydrogens is 380 g/mol. The predicted molar refractivity (Wildman–Crippen MR) is 109 cm³/mol. The normalized spacial score (nSPS) is 11.3. The zero-order chi connectivity index (χ0) is 20.7. The number of benzene rings is 2. The molecule has 0 radical (unpaired) electrons. The minimum absolute atomic E-state index is 0.0926. The van der Waals surface area contributed by atoms with E-state index in [1.165, 1.54) is 23.5 Å². The first-order valence-corrected chi connectivity index (χ1v) is 10.5. The number of carbonyl (C=O) groups is 1. The molecule has 0 aliphatic carbocycles.